The first-order valence-electron chi connectivity index (χ1n) is 9.88. The second-order valence-corrected chi connectivity index (χ2v) is 8.86. The minimum absolute atomic E-state index is 0.0577. The molecule has 0 aliphatic rings. The molecule has 31 heavy (non-hydrogen) atoms. The van der Waals surface area contributed by atoms with Gasteiger partial charge in [-0.1, -0.05) is 48.9 Å². The minimum Gasteiger partial charge on any atom is -0.343 e. The van der Waals surface area contributed by atoms with E-state index in [2.05, 4.69) is 46.7 Å². The van der Waals surface area contributed by atoms with Crippen molar-refractivity contribution in [2.45, 2.75) is 25.9 Å². The standard InChI is InChI=1S/C23H21ClN4OS2/c1-2-15-5-7-16(8-6-15)21(19-4-3-13-31-19)25-20(29)14-28-22(26-27-23(28)30)17-9-11-18(24)12-10-17/h3-13,21H,2,14H2,1H3,(H,25,29)(H,27,30)/t21-/m1/s1. The van der Waals surface area contributed by atoms with Gasteiger partial charge in [0.05, 0.1) is 6.04 Å². The van der Waals surface area contributed by atoms with Crippen LogP contribution in [-0.2, 0) is 17.8 Å². The van der Waals surface area contributed by atoms with Gasteiger partial charge in [0.25, 0.3) is 0 Å². The van der Waals surface area contributed by atoms with Crippen molar-refractivity contribution in [2.75, 3.05) is 0 Å². The van der Waals surface area contributed by atoms with Crippen LogP contribution in [0.25, 0.3) is 11.4 Å². The average molecular weight is 469 g/mol. The molecule has 0 spiro atoms. The molecule has 0 saturated carbocycles. The van der Waals surface area contributed by atoms with Crippen LogP contribution in [-0.4, -0.2) is 20.7 Å². The van der Waals surface area contributed by atoms with E-state index in [0.29, 0.717) is 15.6 Å². The number of hydrogen-bond acceptors (Lipinski definition) is 4. The highest BCUT2D eigenvalue weighted by molar-refractivity contribution is 7.71. The maximum absolute atomic E-state index is 13.1. The van der Waals surface area contributed by atoms with Crippen LogP contribution in [0.4, 0.5) is 0 Å². The van der Waals surface area contributed by atoms with Gasteiger partial charge in [-0.25, -0.2) is 0 Å². The summed E-state index contributed by atoms with van der Waals surface area (Å²) in [6.45, 7) is 2.18. The van der Waals surface area contributed by atoms with E-state index in [0.717, 1.165) is 22.4 Å². The third kappa shape index (κ3) is 4.95. The van der Waals surface area contributed by atoms with E-state index >= 15 is 0 Å². The first kappa shape index (κ1) is 21.5. The van der Waals surface area contributed by atoms with Crippen LogP contribution in [0.5, 0.6) is 0 Å². The number of thiophene rings is 1. The molecule has 0 saturated heterocycles. The molecule has 2 aromatic carbocycles. The van der Waals surface area contributed by atoms with Gasteiger partial charge in [-0.15, -0.1) is 11.3 Å². The van der Waals surface area contributed by atoms with Crippen LogP contribution in [0.3, 0.4) is 0 Å². The van der Waals surface area contributed by atoms with Crippen LogP contribution in [0.2, 0.25) is 5.02 Å². The number of benzene rings is 2. The Morgan fingerprint density at radius 2 is 1.94 bits per heavy atom. The lowest BCUT2D eigenvalue weighted by atomic mass is 10.0. The molecule has 0 aliphatic carbocycles. The predicted molar refractivity (Wildman–Crippen MR) is 128 cm³/mol. The van der Waals surface area contributed by atoms with Crippen molar-refractivity contribution in [3.8, 4) is 11.4 Å². The van der Waals surface area contributed by atoms with Crippen molar-refractivity contribution >= 4 is 41.1 Å². The lowest BCUT2D eigenvalue weighted by molar-refractivity contribution is -0.122. The number of amides is 1. The number of carbonyl (C=O) groups excluding carboxylic acids is 1. The predicted octanol–water partition coefficient (Wildman–Crippen LogP) is 5.79. The van der Waals surface area contributed by atoms with Gasteiger partial charge in [0.1, 0.15) is 6.54 Å². The number of nitrogens with one attached hydrogen (secondary N) is 2. The Labute approximate surface area is 194 Å². The number of hydrogen-bond donors (Lipinski definition) is 2. The molecule has 1 amide bonds. The molecule has 1 atom stereocenters. The molecule has 2 aromatic heterocycles. The highest BCUT2D eigenvalue weighted by atomic mass is 35.5. The van der Waals surface area contributed by atoms with Gasteiger partial charge in [0.2, 0.25) is 5.91 Å². The third-order valence-corrected chi connectivity index (χ3v) is 6.52. The zero-order chi connectivity index (χ0) is 21.8. The summed E-state index contributed by atoms with van der Waals surface area (Å²) < 4.78 is 2.08. The minimum atomic E-state index is -0.224. The van der Waals surface area contributed by atoms with E-state index in [4.69, 9.17) is 23.8 Å². The molecule has 0 fully saturated rings. The Morgan fingerprint density at radius 1 is 1.19 bits per heavy atom. The van der Waals surface area contributed by atoms with Crippen LogP contribution in [0, 0.1) is 4.77 Å². The van der Waals surface area contributed by atoms with Crippen molar-refractivity contribution in [1.82, 2.24) is 20.1 Å². The van der Waals surface area contributed by atoms with Gasteiger partial charge in [-0.05, 0) is 65.5 Å². The fourth-order valence-corrected chi connectivity index (χ4v) is 4.48. The highest BCUT2D eigenvalue weighted by Gasteiger charge is 2.20. The lowest BCUT2D eigenvalue weighted by Crippen LogP contribution is -2.32. The molecule has 0 unspecified atom stereocenters. The van der Waals surface area contributed by atoms with Crippen LogP contribution in [0.1, 0.15) is 29.0 Å². The molecule has 158 valence electrons. The van der Waals surface area contributed by atoms with Crippen molar-refractivity contribution in [3.05, 3.63) is 91.8 Å². The number of H-pyrrole nitrogens is 1. The molecule has 0 aliphatic heterocycles. The molecular formula is C23H21ClN4OS2. The average Bonchev–Trinajstić information content (AvgIpc) is 3.44. The molecule has 8 heteroatoms. The van der Waals surface area contributed by atoms with Gasteiger partial charge in [0.15, 0.2) is 10.6 Å². The van der Waals surface area contributed by atoms with Crippen LogP contribution < -0.4 is 5.32 Å². The molecule has 5 nitrogen and oxygen atoms in total. The summed E-state index contributed by atoms with van der Waals surface area (Å²) in [5.74, 6) is 0.447. The monoisotopic (exact) mass is 468 g/mol. The Bertz CT molecular complexity index is 1210. The molecule has 2 heterocycles. The summed E-state index contributed by atoms with van der Waals surface area (Å²) in [7, 11) is 0. The summed E-state index contributed by atoms with van der Waals surface area (Å²) in [4.78, 5) is 14.1. The molecular weight excluding hydrogens is 448 g/mol. The molecule has 0 radical (unpaired) electrons. The first-order valence-corrected chi connectivity index (χ1v) is 11.5. The maximum atomic E-state index is 13.1. The number of aromatic nitrogens is 3. The van der Waals surface area contributed by atoms with Gasteiger partial charge >= 0.3 is 0 Å². The Hall–Kier alpha value is -2.74. The number of rotatable bonds is 7. The smallest absolute Gasteiger partial charge is 0.240 e. The fourth-order valence-electron chi connectivity index (χ4n) is 3.35. The van der Waals surface area contributed by atoms with Crippen molar-refractivity contribution in [1.29, 1.82) is 0 Å². The van der Waals surface area contributed by atoms with Crippen molar-refractivity contribution in [3.63, 3.8) is 0 Å². The van der Waals surface area contributed by atoms with E-state index in [1.165, 1.54) is 5.56 Å². The summed E-state index contributed by atoms with van der Waals surface area (Å²) in [6, 6.07) is 19.4. The van der Waals surface area contributed by atoms with E-state index in [1.54, 1.807) is 28.0 Å². The summed E-state index contributed by atoms with van der Waals surface area (Å²) >= 11 is 13.0. The van der Waals surface area contributed by atoms with Gasteiger partial charge in [-0.3, -0.25) is 14.5 Å². The highest BCUT2D eigenvalue weighted by Crippen LogP contribution is 2.27. The number of aryl methyl sites for hydroxylation is 1. The normalized spacial score (nSPS) is 11.9. The van der Waals surface area contributed by atoms with E-state index in [1.807, 2.05) is 29.6 Å². The number of nitrogens with zero attached hydrogens (tertiary/aromatic N) is 2. The quantitative estimate of drug-likeness (QED) is 0.337. The second kappa shape index (κ2) is 9.60. The second-order valence-electron chi connectivity index (χ2n) is 7.06. The number of halogens is 1. The topological polar surface area (TPSA) is 62.7 Å². The van der Waals surface area contributed by atoms with Gasteiger partial charge < -0.3 is 5.32 Å². The summed E-state index contributed by atoms with van der Waals surface area (Å²) in [5, 5.41) is 12.9. The Morgan fingerprint density at radius 3 is 2.58 bits per heavy atom. The maximum Gasteiger partial charge on any atom is 0.240 e. The van der Waals surface area contributed by atoms with Gasteiger partial charge in [0, 0.05) is 15.5 Å². The van der Waals surface area contributed by atoms with Crippen LogP contribution >= 0.6 is 35.2 Å². The third-order valence-electron chi connectivity index (χ3n) is 5.02. The van der Waals surface area contributed by atoms with E-state index in [9.17, 15) is 4.79 Å². The van der Waals surface area contributed by atoms with Crippen molar-refractivity contribution in [2.24, 2.45) is 0 Å². The van der Waals surface area contributed by atoms with Crippen molar-refractivity contribution < 1.29 is 4.79 Å². The zero-order valence-electron chi connectivity index (χ0n) is 16.8. The Balaban J connectivity index is 1.58. The summed E-state index contributed by atoms with van der Waals surface area (Å²) in [5.41, 5.74) is 3.13. The number of aromatic amines is 1. The molecule has 4 aromatic rings. The lowest BCUT2D eigenvalue weighted by Gasteiger charge is -2.19. The number of carbonyl (C=O) groups is 1. The fraction of sp³-hybridized carbons (Fsp3) is 0.174. The molecule has 0 bridgehead atoms. The SMILES string of the molecule is CCc1ccc([C@@H](NC(=O)Cn2c(-c3ccc(Cl)cc3)n[nH]c2=S)c2cccs2)cc1. The van der Waals surface area contributed by atoms with E-state index < -0.39 is 0 Å². The molecule has 2 N–H and O–H groups in total. The van der Waals surface area contributed by atoms with Gasteiger partial charge in [-0.2, -0.15) is 5.10 Å². The van der Waals surface area contributed by atoms with Crippen LogP contribution in [0.15, 0.2) is 66.0 Å². The van der Waals surface area contributed by atoms with E-state index in [-0.39, 0.29) is 18.5 Å². The largest absolute Gasteiger partial charge is 0.343 e. The zero-order valence-corrected chi connectivity index (χ0v) is 19.2. The summed E-state index contributed by atoms with van der Waals surface area (Å²) in [6.07, 6.45) is 0.975. The molecule has 4 rings (SSSR count). The Kier molecular flexibility index (Phi) is 6.65. The first-order chi connectivity index (χ1) is 15.0.